The summed E-state index contributed by atoms with van der Waals surface area (Å²) in [5.74, 6) is -0.472. The van der Waals surface area contributed by atoms with Crippen LogP contribution >= 0.6 is 27.5 Å². The molecule has 6 aromatic rings. The Morgan fingerprint density at radius 2 is 1.30 bits per heavy atom. The highest BCUT2D eigenvalue weighted by Crippen LogP contribution is 2.42. The van der Waals surface area contributed by atoms with Crippen LogP contribution in [0.1, 0.15) is 53.5 Å². The number of alkyl halides is 6. The summed E-state index contributed by atoms with van der Waals surface area (Å²) >= 11 is 9.84. The number of imidazole rings is 2. The van der Waals surface area contributed by atoms with Gasteiger partial charge in [0.15, 0.2) is 0 Å². The van der Waals surface area contributed by atoms with Gasteiger partial charge in [0.25, 0.3) is 0 Å². The first-order chi connectivity index (χ1) is 33.3. The molecule has 4 aromatic heterocycles. The molecule has 18 nitrogen and oxygen atoms in total. The molecule has 0 amide bonds. The van der Waals surface area contributed by atoms with Crippen molar-refractivity contribution in [1.82, 2.24) is 47.6 Å². The van der Waals surface area contributed by atoms with Crippen LogP contribution in [0.3, 0.4) is 0 Å². The van der Waals surface area contributed by atoms with E-state index in [0.29, 0.717) is 30.8 Å². The highest BCUT2D eigenvalue weighted by molar-refractivity contribution is 9.10. The number of nitrogens with zero attached hydrogens (tertiary/aromatic N) is 13. The number of aromatic nitrogens is 8. The van der Waals surface area contributed by atoms with Gasteiger partial charge in [0, 0.05) is 68.7 Å². The second-order valence-electron chi connectivity index (χ2n) is 16.7. The van der Waals surface area contributed by atoms with Gasteiger partial charge in [-0.15, -0.1) is 0 Å². The van der Waals surface area contributed by atoms with Crippen molar-refractivity contribution < 1.29 is 43.2 Å². The number of aryl methyl sites for hydroxylation is 1. The molecule has 0 aliphatic carbocycles. The number of piperidine rings is 2. The van der Waals surface area contributed by atoms with Gasteiger partial charge in [-0.2, -0.15) is 36.9 Å². The third kappa shape index (κ3) is 10.7. The SMILES string of the molecule is Cc1ccc(-n2cnc(-c3nc(N(c4cc(C#N)c(Br)c(-n5cnc(-c6nc(NC7CCN(S(C)(=O)=O)CC7)ncc6C(F)(F)F)c5)c4)C4CCN(S(C)(=O)=O)CC4)ncc3C(F)(F)F)c2)c(C#N)c1Cl. The third-order valence-corrected chi connectivity index (χ3v) is 15.9. The van der Waals surface area contributed by atoms with Crippen LogP contribution in [0.15, 0.2) is 66.2 Å². The van der Waals surface area contributed by atoms with E-state index in [9.17, 15) is 53.7 Å². The predicted octanol–water partition coefficient (Wildman–Crippen LogP) is 7.88. The summed E-state index contributed by atoms with van der Waals surface area (Å²) in [6.45, 7) is 2.03. The normalized spacial score (nSPS) is 15.9. The molecule has 0 unspecified atom stereocenters. The summed E-state index contributed by atoms with van der Waals surface area (Å²) in [6, 6.07) is 9.08. The van der Waals surface area contributed by atoms with Crippen molar-refractivity contribution in [3.05, 3.63) is 99.0 Å². The molecule has 0 saturated carbocycles. The fraction of sp³-hybridized carbons (Fsp3) is 0.349. The number of halogens is 8. The van der Waals surface area contributed by atoms with Gasteiger partial charge in [0.1, 0.15) is 58.7 Å². The summed E-state index contributed by atoms with van der Waals surface area (Å²) in [5, 5.41) is 23.5. The van der Waals surface area contributed by atoms with Gasteiger partial charge in [-0.05, 0) is 72.3 Å². The minimum atomic E-state index is -5.00. The maximum Gasteiger partial charge on any atom is 0.420 e. The minimum absolute atomic E-state index is 0.00520. The maximum atomic E-state index is 14.8. The molecular weight excluding hydrogens is 1070 g/mol. The largest absolute Gasteiger partial charge is 0.420 e. The zero-order chi connectivity index (χ0) is 51.4. The molecule has 2 aromatic carbocycles. The lowest BCUT2D eigenvalue weighted by molar-refractivity contribution is -0.138. The summed E-state index contributed by atoms with van der Waals surface area (Å²) in [6.07, 6.45) is -0.907. The predicted molar refractivity (Wildman–Crippen MR) is 251 cm³/mol. The van der Waals surface area contributed by atoms with Crippen molar-refractivity contribution in [1.29, 1.82) is 10.5 Å². The van der Waals surface area contributed by atoms with Crippen molar-refractivity contribution in [3.63, 3.8) is 0 Å². The Labute approximate surface area is 415 Å². The van der Waals surface area contributed by atoms with Crippen LogP contribution in [-0.2, 0) is 32.4 Å². The van der Waals surface area contributed by atoms with Gasteiger partial charge in [-0.25, -0.2) is 55.3 Å². The number of hydrogen-bond donors (Lipinski definition) is 1. The number of rotatable bonds is 11. The van der Waals surface area contributed by atoms with Crippen molar-refractivity contribution in [2.75, 3.05) is 48.9 Å². The molecule has 6 heterocycles. The van der Waals surface area contributed by atoms with Crippen LogP contribution in [0, 0.1) is 29.6 Å². The highest BCUT2D eigenvalue weighted by Gasteiger charge is 2.39. The summed E-state index contributed by atoms with van der Waals surface area (Å²) in [5.41, 5.74) is -3.18. The molecule has 28 heteroatoms. The quantitative estimate of drug-likeness (QED) is 0.122. The van der Waals surface area contributed by atoms with E-state index in [2.05, 4.69) is 57.2 Å². The first-order valence-corrected chi connectivity index (χ1v) is 26.1. The smallest absolute Gasteiger partial charge is 0.351 e. The molecule has 0 bridgehead atoms. The molecule has 8 rings (SSSR count). The molecule has 1 N–H and O–H groups in total. The van der Waals surface area contributed by atoms with Gasteiger partial charge in [0.05, 0.1) is 44.5 Å². The van der Waals surface area contributed by atoms with Crippen LogP contribution in [0.2, 0.25) is 5.02 Å². The summed E-state index contributed by atoms with van der Waals surface area (Å²) in [4.78, 5) is 26.7. The number of sulfonamides is 2. The van der Waals surface area contributed by atoms with Gasteiger partial charge >= 0.3 is 12.4 Å². The number of nitrogens with one attached hydrogen (secondary N) is 1. The minimum Gasteiger partial charge on any atom is -0.351 e. The van der Waals surface area contributed by atoms with Crippen molar-refractivity contribution in [2.45, 2.75) is 57.0 Å². The Hall–Kier alpha value is -6.23. The van der Waals surface area contributed by atoms with E-state index in [-0.39, 0.29) is 106 Å². The Bertz CT molecular complexity index is 3360. The van der Waals surface area contributed by atoms with E-state index in [1.54, 1.807) is 19.1 Å². The Balaban J connectivity index is 1.22. The summed E-state index contributed by atoms with van der Waals surface area (Å²) in [7, 11) is -7.10. The van der Waals surface area contributed by atoms with E-state index in [4.69, 9.17) is 11.6 Å². The topological polar surface area (TPSA) is 225 Å². The number of anilines is 3. The maximum absolute atomic E-state index is 14.8. The molecular formula is C43H38BrClF6N14O4S2. The Morgan fingerprint density at radius 1 is 0.761 bits per heavy atom. The van der Waals surface area contributed by atoms with E-state index >= 15 is 0 Å². The van der Waals surface area contributed by atoms with Gasteiger partial charge in [0.2, 0.25) is 31.9 Å². The molecule has 2 saturated heterocycles. The molecule has 0 spiro atoms. The van der Waals surface area contributed by atoms with E-state index in [0.717, 1.165) is 12.5 Å². The van der Waals surface area contributed by atoms with Crippen LogP contribution in [0.25, 0.3) is 34.2 Å². The molecule has 2 fully saturated rings. The fourth-order valence-corrected chi connectivity index (χ4v) is 10.8. The van der Waals surface area contributed by atoms with Gasteiger partial charge in [-0.3, -0.25) is 0 Å². The van der Waals surface area contributed by atoms with Crippen LogP contribution < -0.4 is 10.2 Å². The van der Waals surface area contributed by atoms with Crippen molar-refractivity contribution in [2.24, 2.45) is 0 Å². The zero-order valence-corrected chi connectivity index (χ0v) is 41.3. The van der Waals surface area contributed by atoms with Crippen LogP contribution in [-0.4, -0.2) is 115 Å². The van der Waals surface area contributed by atoms with E-state index in [1.165, 1.54) is 59.8 Å². The third-order valence-electron chi connectivity index (χ3n) is 12.0. The Morgan fingerprint density at radius 3 is 1.83 bits per heavy atom. The average Bonchev–Trinajstić information content (AvgIpc) is 4.01. The number of benzene rings is 2. The fourth-order valence-electron chi connectivity index (χ4n) is 8.33. The molecule has 0 radical (unpaired) electrons. The zero-order valence-electron chi connectivity index (χ0n) is 37.4. The molecule has 2 aliphatic rings. The second-order valence-corrected chi connectivity index (χ2v) is 21.8. The lowest BCUT2D eigenvalue weighted by atomic mass is 10.0. The average molecular weight is 1110 g/mol. The molecule has 2 aliphatic heterocycles. The van der Waals surface area contributed by atoms with E-state index < -0.39 is 61.0 Å². The molecule has 71 heavy (non-hydrogen) atoms. The first-order valence-electron chi connectivity index (χ1n) is 21.2. The number of nitriles is 2. The van der Waals surface area contributed by atoms with Gasteiger partial charge < -0.3 is 19.4 Å². The first kappa shape index (κ1) is 51.1. The molecule has 372 valence electrons. The second kappa shape index (κ2) is 19.4. The lowest BCUT2D eigenvalue weighted by Gasteiger charge is -2.38. The van der Waals surface area contributed by atoms with Crippen LogP contribution in [0.5, 0.6) is 0 Å². The van der Waals surface area contributed by atoms with Crippen LogP contribution in [0.4, 0.5) is 43.9 Å². The van der Waals surface area contributed by atoms with Crippen molar-refractivity contribution in [3.8, 4) is 46.3 Å². The standard InChI is InChI=1S/C43H38BrClF6N14O4S2/c1-24-4-5-34(29(17-53)37(24)45)61-20-33(56-22-61)39-31(43(49,50)51)19-55-41(60-39)65(27-8-12-64(13-9-27)71(3,68)69)28-14-25(16-52)36(44)35(15-28)62-21-32(57-23-62)38-30(42(46,47)48)18-54-40(59-38)58-26-6-10-63(11-7-26)70(2,66)67/h4-5,14-15,18-23,26-27H,6-13H2,1-3H3,(H,54,58,59). The van der Waals surface area contributed by atoms with Gasteiger partial charge in [-0.1, -0.05) is 17.7 Å². The summed E-state index contributed by atoms with van der Waals surface area (Å²) < 4.78 is 143. The van der Waals surface area contributed by atoms with Crippen molar-refractivity contribution >= 4 is 65.2 Å². The highest BCUT2D eigenvalue weighted by atomic mass is 79.9. The monoisotopic (exact) mass is 1110 g/mol. The Kier molecular flexibility index (Phi) is 14.0. The molecule has 0 atom stereocenters. The number of hydrogen-bond acceptors (Lipinski definition) is 14. The van der Waals surface area contributed by atoms with E-state index in [1.807, 2.05) is 6.07 Å². The lowest BCUT2D eigenvalue weighted by Crippen LogP contribution is -2.45.